The number of hydrogen-bond donors (Lipinski definition) is 1. The third kappa shape index (κ3) is 4.98. The van der Waals surface area contributed by atoms with Crippen LogP contribution in [0.5, 0.6) is 0 Å². The highest BCUT2D eigenvalue weighted by atomic mass is 35.5. The van der Waals surface area contributed by atoms with Crippen LogP contribution in [0.4, 0.5) is 13.2 Å². The number of nitrogens with one attached hydrogen (secondary N) is 1. The smallest absolute Gasteiger partial charge is 0.254 e. The van der Waals surface area contributed by atoms with Gasteiger partial charge in [0.05, 0.1) is 5.56 Å². The third-order valence-electron chi connectivity index (χ3n) is 3.68. The Morgan fingerprint density at radius 3 is 2.50 bits per heavy atom. The summed E-state index contributed by atoms with van der Waals surface area (Å²) in [5, 5.41) is 2.60. The number of carbonyl (C=O) groups excluding carboxylic acids is 2. The Morgan fingerprint density at radius 1 is 1.12 bits per heavy atom. The van der Waals surface area contributed by atoms with Crippen LogP contribution >= 0.6 is 11.6 Å². The van der Waals surface area contributed by atoms with Crippen LogP contribution in [0.1, 0.15) is 22.3 Å². The first-order valence-corrected chi connectivity index (χ1v) is 8.07. The molecule has 4 nitrogen and oxygen atoms in total. The van der Waals surface area contributed by atoms with Crippen LogP contribution in [-0.2, 0) is 11.3 Å². The highest BCUT2D eigenvalue weighted by molar-refractivity contribution is 6.31. The number of amides is 2. The highest BCUT2D eigenvalue weighted by Gasteiger charge is 2.16. The quantitative estimate of drug-likeness (QED) is 0.828. The molecule has 2 aromatic rings. The van der Waals surface area contributed by atoms with Gasteiger partial charge in [-0.05, 0) is 24.3 Å². The van der Waals surface area contributed by atoms with E-state index in [0.717, 1.165) is 12.1 Å². The lowest BCUT2D eigenvalue weighted by atomic mass is 10.2. The second-order valence-corrected chi connectivity index (χ2v) is 5.99. The van der Waals surface area contributed by atoms with Crippen molar-refractivity contribution in [1.82, 2.24) is 10.2 Å². The fourth-order valence-corrected chi connectivity index (χ4v) is 2.47. The lowest BCUT2D eigenvalue weighted by Crippen LogP contribution is -2.32. The molecule has 138 valence electrons. The molecule has 0 saturated carbocycles. The van der Waals surface area contributed by atoms with Crippen molar-refractivity contribution in [2.75, 3.05) is 13.6 Å². The monoisotopic (exact) mass is 384 g/mol. The summed E-state index contributed by atoms with van der Waals surface area (Å²) < 4.78 is 40.1. The summed E-state index contributed by atoms with van der Waals surface area (Å²) in [6.07, 6.45) is -0.0723. The Kier molecular flexibility index (Phi) is 6.63. The molecule has 0 spiro atoms. The average Bonchev–Trinajstić information content (AvgIpc) is 2.57. The minimum atomic E-state index is -0.986. The van der Waals surface area contributed by atoms with Gasteiger partial charge in [0.1, 0.15) is 17.5 Å². The van der Waals surface area contributed by atoms with Gasteiger partial charge in [0.15, 0.2) is 0 Å². The molecule has 1 N–H and O–H groups in total. The van der Waals surface area contributed by atoms with E-state index in [2.05, 4.69) is 5.32 Å². The van der Waals surface area contributed by atoms with E-state index in [1.807, 2.05) is 0 Å². The molecule has 0 radical (unpaired) electrons. The van der Waals surface area contributed by atoms with Gasteiger partial charge in [-0.1, -0.05) is 17.7 Å². The van der Waals surface area contributed by atoms with Crippen molar-refractivity contribution >= 4 is 23.4 Å². The van der Waals surface area contributed by atoms with Crippen LogP contribution in [0.3, 0.4) is 0 Å². The maximum atomic E-state index is 13.7. The third-order valence-corrected chi connectivity index (χ3v) is 4.04. The second kappa shape index (κ2) is 8.71. The molecule has 0 atom stereocenters. The zero-order chi connectivity index (χ0) is 19.3. The average molecular weight is 385 g/mol. The molecule has 8 heteroatoms. The normalized spacial score (nSPS) is 10.5. The largest absolute Gasteiger partial charge is 0.351 e. The number of rotatable bonds is 6. The van der Waals surface area contributed by atoms with Crippen LogP contribution in [0.2, 0.25) is 5.02 Å². The van der Waals surface area contributed by atoms with Gasteiger partial charge in [-0.15, -0.1) is 0 Å². The maximum Gasteiger partial charge on any atom is 0.254 e. The molecule has 26 heavy (non-hydrogen) atoms. The van der Waals surface area contributed by atoms with Gasteiger partial charge >= 0.3 is 0 Å². The zero-order valence-corrected chi connectivity index (χ0v) is 14.6. The first-order valence-electron chi connectivity index (χ1n) is 7.69. The molecule has 2 amide bonds. The highest BCUT2D eigenvalue weighted by Crippen LogP contribution is 2.20. The summed E-state index contributed by atoms with van der Waals surface area (Å²) in [6, 6.07) is 6.83. The lowest BCUT2D eigenvalue weighted by Gasteiger charge is -2.18. The first-order chi connectivity index (χ1) is 12.3. The maximum absolute atomic E-state index is 13.7. The SMILES string of the molecule is CN(Cc1c(F)cccc1Cl)C(=O)CCNC(=O)c1ccc(F)cc1F. The molecule has 2 rings (SSSR count). The standard InChI is InChI=1S/C18H16ClF3N2O2/c1-24(10-13-14(19)3-2-4-15(13)21)17(25)7-8-23-18(26)12-6-5-11(20)9-16(12)22/h2-6,9H,7-8,10H2,1H3,(H,23,26). The van der Waals surface area contributed by atoms with E-state index in [1.54, 1.807) is 0 Å². The number of halogens is 4. The van der Waals surface area contributed by atoms with Gasteiger partial charge in [0, 0.05) is 43.2 Å². The number of nitrogens with zero attached hydrogens (tertiary/aromatic N) is 1. The topological polar surface area (TPSA) is 49.4 Å². The molecule has 0 bridgehead atoms. The summed E-state index contributed by atoms with van der Waals surface area (Å²) >= 11 is 5.92. The van der Waals surface area contributed by atoms with E-state index in [-0.39, 0.29) is 41.6 Å². The summed E-state index contributed by atoms with van der Waals surface area (Å²) in [5.74, 6) is -3.40. The molecule has 0 aliphatic rings. The van der Waals surface area contributed by atoms with Crippen LogP contribution in [-0.4, -0.2) is 30.3 Å². The van der Waals surface area contributed by atoms with E-state index in [0.29, 0.717) is 6.07 Å². The number of hydrogen-bond acceptors (Lipinski definition) is 2. The minimum absolute atomic E-state index is 0.0229. The molecule has 0 unspecified atom stereocenters. The van der Waals surface area contributed by atoms with Gasteiger partial charge < -0.3 is 10.2 Å². The number of benzene rings is 2. The van der Waals surface area contributed by atoms with Crippen LogP contribution in [0.25, 0.3) is 0 Å². The van der Waals surface area contributed by atoms with Crippen molar-refractivity contribution < 1.29 is 22.8 Å². The van der Waals surface area contributed by atoms with Crippen molar-refractivity contribution in [2.45, 2.75) is 13.0 Å². The van der Waals surface area contributed by atoms with Crippen LogP contribution < -0.4 is 5.32 Å². The lowest BCUT2D eigenvalue weighted by molar-refractivity contribution is -0.130. The minimum Gasteiger partial charge on any atom is -0.351 e. The second-order valence-electron chi connectivity index (χ2n) is 5.58. The molecule has 0 saturated heterocycles. The zero-order valence-electron chi connectivity index (χ0n) is 13.9. The predicted octanol–water partition coefficient (Wildman–Crippen LogP) is 3.54. The molecule has 0 fully saturated rings. The molecular weight excluding hydrogens is 369 g/mol. The Labute approximate surface area is 153 Å². The van der Waals surface area contributed by atoms with Crippen LogP contribution in [0.15, 0.2) is 36.4 Å². The van der Waals surface area contributed by atoms with E-state index >= 15 is 0 Å². The van der Waals surface area contributed by atoms with Crippen molar-refractivity contribution in [3.8, 4) is 0 Å². The first kappa shape index (κ1) is 19.8. The van der Waals surface area contributed by atoms with E-state index in [4.69, 9.17) is 11.6 Å². The Hall–Kier alpha value is -2.54. The van der Waals surface area contributed by atoms with Gasteiger partial charge in [-0.25, -0.2) is 13.2 Å². The summed E-state index contributed by atoms with van der Waals surface area (Å²) in [7, 11) is 1.48. The van der Waals surface area contributed by atoms with E-state index in [1.165, 1.54) is 30.1 Å². The molecular formula is C18H16ClF3N2O2. The predicted molar refractivity (Wildman–Crippen MR) is 91.2 cm³/mol. The van der Waals surface area contributed by atoms with Crippen molar-refractivity contribution in [3.63, 3.8) is 0 Å². The molecule has 0 aliphatic heterocycles. The van der Waals surface area contributed by atoms with Gasteiger partial charge in [-0.3, -0.25) is 9.59 Å². The van der Waals surface area contributed by atoms with E-state index in [9.17, 15) is 22.8 Å². The summed E-state index contributed by atoms with van der Waals surface area (Å²) in [5.41, 5.74) is -0.118. The van der Waals surface area contributed by atoms with Crippen molar-refractivity contribution in [1.29, 1.82) is 0 Å². The Morgan fingerprint density at radius 2 is 1.85 bits per heavy atom. The fourth-order valence-electron chi connectivity index (χ4n) is 2.25. The molecule has 0 aliphatic carbocycles. The summed E-state index contributed by atoms with van der Waals surface area (Å²) in [6.45, 7) is -0.0747. The molecule has 2 aromatic carbocycles. The number of carbonyl (C=O) groups is 2. The van der Waals surface area contributed by atoms with Gasteiger partial charge in [0.25, 0.3) is 5.91 Å². The van der Waals surface area contributed by atoms with Crippen molar-refractivity contribution in [2.24, 2.45) is 0 Å². The Balaban J connectivity index is 1.87. The van der Waals surface area contributed by atoms with Crippen LogP contribution in [0, 0.1) is 17.5 Å². The fraction of sp³-hybridized carbons (Fsp3) is 0.222. The Bertz CT molecular complexity index is 810. The van der Waals surface area contributed by atoms with E-state index < -0.39 is 23.4 Å². The molecule has 0 heterocycles. The molecule has 0 aromatic heterocycles. The van der Waals surface area contributed by atoms with Crippen molar-refractivity contribution in [3.05, 3.63) is 70.0 Å². The van der Waals surface area contributed by atoms with Gasteiger partial charge in [-0.2, -0.15) is 0 Å². The van der Waals surface area contributed by atoms with Gasteiger partial charge in [0.2, 0.25) is 5.91 Å². The summed E-state index contributed by atoms with van der Waals surface area (Å²) in [4.78, 5) is 25.2.